The van der Waals surface area contributed by atoms with E-state index in [2.05, 4.69) is 13.0 Å². The number of carbonyl (C=O) groups excluding carboxylic acids is 1. The van der Waals surface area contributed by atoms with Gasteiger partial charge in [-0.2, -0.15) is 0 Å². The third-order valence-electron chi connectivity index (χ3n) is 4.61. The minimum absolute atomic E-state index is 0.00751. The van der Waals surface area contributed by atoms with Crippen LogP contribution in [0.15, 0.2) is 35.7 Å². The third kappa shape index (κ3) is 5.49. The second-order valence-electron chi connectivity index (χ2n) is 6.84. The van der Waals surface area contributed by atoms with E-state index < -0.39 is 0 Å². The zero-order valence-corrected chi connectivity index (χ0v) is 17.5. The molecule has 28 heavy (non-hydrogen) atoms. The van der Waals surface area contributed by atoms with Crippen molar-refractivity contribution in [3.8, 4) is 11.5 Å². The van der Waals surface area contributed by atoms with E-state index in [-0.39, 0.29) is 12.0 Å². The summed E-state index contributed by atoms with van der Waals surface area (Å²) in [5.74, 6) is 1.30. The predicted molar refractivity (Wildman–Crippen MR) is 111 cm³/mol. The summed E-state index contributed by atoms with van der Waals surface area (Å²) in [6.07, 6.45) is 3.09. The second-order valence-corrected chi connectivity index (χ2v) is 7.88. The van der Waals surface area contributed by atoms with Gasteiger partial charge >= 0.3 is 0 Å². The van der Waals surface area contributed by atoms with Crippen LogP contribution in [0.1, 0.15) is 48.3 Å². The first-order valence-electron chi connectivity index (χ1n) is 10.0. The smallest absolute Gasteiger partial charge is 0.254 e. The summed E-state index contributed by atoms with van der Waals surface area (Å²) >= 11 is 1.67. The molecule has 152 valence electrons. The molecule has 2 heterocycles. The average molecular weight is 404 g/mol. The molecule has 1 fully saturated rings. The van der Waals surface area contributed by atoms with Crippen LogP contribution in [0.25, 0.3) is 0 Å². The number of ether oxygens (including phenoxy) is 3. The number of benzene rings is 1. The number of amides is 1. The number of thiophene rings is 1. The highest BCUT2D eigenvalue weighted by atomic mass is 32.1. The van der Waals surface area contributed by atoms with E-state index >= 15 is 0 Å². The van der Waals surface area contributed by atoms with Gasteiger partial charge in [-0.15, -0.1) is 11.3 Å². The van der Waals surface area contributed by atoms with Crippen LogP contribution in [0.5, 0.6) is 11.5 Å². The summed E-state index contributed by atoms with van der Waals surface area (Å²) in [6.45, 7) is 7.11. The molecule has 1 amide bonds. The van der Waals surface area contributed by atoms with E-state index in [0.717, 1.165) is 25.9 Å². The van der Waals surface area contributed by atoms with Gasteiger partial charge in [0.25, 0.3) is 5.91 Å². The quantitative estimate of drug-likeness (QED) is 0.574. The van der Waals surface area contributed by atoms with E-state index in [4.69, 9.17) is 14.2 Å². The average Bonchev–Trinajstić information content (AvgIpc) is 3.40. The number of rotatable bonds is 10. The van der Waals surface area contributed by atoms with Gasteiger partial charge in [0.15, 0.2) is 11.5 Å². The Bertz CT molecular complexity index is 741. The molecule has 2 aromatic rings. The summed E-state index contributed by atoms with van der Waals surface area (Å²) < 4.78 is 17.3. The Morgan fingerprint density at radius 3 is 2.82 bits per heavy atom. The van der Waals surface area contributed by atoms with Crippen molar-refractivity contribution >= 4 is 17.2 Å². The standard InChI is InChI=1S/C22H29NO4S/c1-3-11-27-20-10-9-17(14-21(20)25-4-2)22(24)23(15-18-7-5-12-26-18)16-19-8-6-13-28-19/h6,8-10,13-14,18H,3-5,7,11-12,15-16H2,1-2H3. The summed E-state index contributed by atoms with van der Waals surface area (Å²) in [7, 11) is 0. The Hall–Kier alpha value is -2.05. The van der Waals surface area contributed by atoms with Gasteiger partial charge in [0.2, 0.25) is 0 Å². The second kappa shape index (κ2) is 10.5. The molecule has 1 atom stereocenters. The topological polar surface area (TPSA) is 48.0 Å². The van der Waals surface area contributed by atoms with Crippen LogP contribution in [0.2, 0.25) is 0 Å². The molecule has 1 aromatic heterocycles. The highest BCUT2D eigenvalue weighted by molar-refractivity contribution is 7.09. The van der Waals surface area contributed by atoms with Gasteiger partial charge in [0.05, 0.1) is 25.9 Å². The van der Waals surface area contributed by atoms with Gasteiger partial charge in [0, 0.05) is 23.6 Å². The molecule has 1 aliphatic heterocycles. The van der Waals surface area contributed by atoms with Gasteiger partial charge in [-0.1, -0.05) is 13.0 Å². The fourth-order valence-electron chi connectivity index (χ4n) is 3.27. The summed E-state index contributed by atoms with van der Waals surface area (Å²) in [5.41, 5.74) is 0.613. The summed E-state index contributed by atoms with van der Waals surface area (Å²) in [6, 6.07) is 9.54. The molecule has 1 unspecified atom stereocenters. The number of hydrogen-bond acceptors (Lipinski definition) is 5. The van der Waals surface area contributed by atoms with E-state index in [1.807, 2.05) is 35.4 Å². The zero-order valence-electron chi connectivity index (χ0n) is 16.7. The first-order valence-corrected chi connectivity index (χ1v) is 10.9. The predicted octanol–water partition coefficient (Wildman–Crippen LogP) is 4.76. The van der Waals surface area contributed by atoms with Gasteiger partial charge in [0.1, 0.15) is 0 Å². The number of hydrogen-bond donors (Lipinski definition) is 0. The Kier molecular flexibility index (Phi) is 7.74. The van der Waals surface area contributed by atoms with Crippen LogP contribution in [0.3, 0.4) is 0 Å². The van der Waals surface area contributed by atoms with Crippen molar-refractivity contribution in [3.05, 3.63) is 46.2 Å². The fraction of sp³-hybridized carbons (Fsp3) is 0.500. The van der Waals surface area contributed by atoms with E-state index in [0.29, 0.717) is 43.4 Å². The lowest BCUT2D eigenvalue weighted by atomic mass is 10.1. The van der Waals surface area contributed by atoms with Crippen molar-refractivity contribution in [1.29, 1.82) is 0 Å². The molecule has 3 rings (SSSR count). The molecular weight excluding hydrogens is 374 g/mol. The molecule has 5 nitrogen and oxygen atoms in total. The molecule has 0 spiro atoms. The molecule has 0 radical (unpaired) electrons. The maximum Gasteiger partial charge on any atom is 0.254 e. The van der Waals surface area contributed by atoms with E-state index in [9.17, 15) is 4.79 Å². The minimum Gasteiger partial charge on any atom is -0.490 e. The van der Waals surface area contributed by atoms with E-state index in [1.54, 1.807) is 17.4 Å². The van der Waals surface area contributed by atoms with Crippen LogP contribution < -0.4 is 9.47 Å². The minimum atomic E-state index is -0.00751. The number of carbonyl (C=O) groups is 1. The molecule has 6 heteroatoms. The lowest BCUT2D eigenvalue weighted by Gasteiger charge is -2.25. The molecule has 0 aliphatic carbocycles. The van der Waals surface area contributed by atoms with Crippen molar-refractivity contribution in [3.63, 3.8) is 0 Å². The lowest BCUT2D eigenvalue weighted by Crippen LogP contribution is -2.36. The molecule has 1 aliphatic rings. The maximum atomic E-state index is 13.3. The largest absolute Gasteiger partial charge is 0.490 e. The molecule has 1 aromatic carbocycles. The maximum absolute atomic E-state index is 13.3. The van der Waals surface area contributed by atoms with Crippen LogP contribution in [0.4, 0.5) is 0 Å². The van der Waals surface area contributed by atoms with Gasteiger partial charge in [-0.3, -0.25) is 4.79 Å². The lowest BCUT2D eigenvalue weighted by molar-refractivity contribution is 0.0509. The van der Waals surface area contributed by atoms with Gasteiger partial charge < -0.3 is 19.1 Å². The van der Waals surface area contributed by atoms with Crippen molar-refractivity contribution in [2.75, 3.05) is 26.4 Å². The SMILES string of the molecule is CCCOc1ccc(C(=O)N(Cc2cccs2)CC2CCCO2)cc1OCC. The van der Waals surface area contributed by atoms with Crippen molar-refractivity contribution in [2.45, 2.75) is 45.8 Å². The summed E-state index contributed by atoms with van der Waals surface area (Å²) in [4.78, 5) is 16.4. The van der Waals surface area contributed by atoms with Crippen LogP contribution in [-0.2, 0) is 11.3 Å². The van der Waals surface area contributed by atoms with Crippen molar-refractivity contribution < 1.29 is 19.0 Å². The first-order chi connectivity index (χ1) is 13.7. The Labute approximate surface area is 171 Å². The molecular formula is C22H29NO4S. The van der Waals surface area contributed by atoms with Gasteiger partial charge in [-0.05, 0) is 55.8 Å². The van der Waals surface area contributed by atoms with Crippen molar-refractivity contribution in [2.24, 2.45) is 0 Å². The Morgan fingerprint density at radius 1 is 1.25 bits per heavy atom. The monoisotopic (exact) mass is 403 g/mol. The van der Waals surface area contributed by atoms with Gasteiger partial charge in [-0.25, -0.2) is 0 Å². The number of nitrogens with zero attached hydrogens (tertiary/aromatic N) is 1. The Morgan fingerprint density at radius 2 is 2.14 bits per heavy atom. The highest BCUT2D eigenvalue weighted by Gasteiger charge is 2.24. The Balaban J connectivity index is 1.80. The van der Waals surface area contributed by atoms with Crippen LogP contribution >= 0.6 is 11.3 Å². The first kappa shape index (κ1) is 20.7. The molecule has 1 saturated heterocycles. The normalized spacial score (nSPS) is 16.1. The molecule has 0 saturated carbocycles. The molecule has 0 N–H and O–H groups in total. The van der Waals surface area contributed by atoms with Crippen LogP contribution in [-0.4, -0.2) is 43.3 Å². The van der Waals surface area contributed by atoms with Crippen LogP contribution in [0, 0.1) is 0 Å². The van der Waals surface area contributed by atoms with E-state index in [1.165, 1.54) is 4.88 Å². The fourth-order valence-corrected chi connectivity index (χ4v) is 3.99. The summed E-state index contributed by atoms with van der Waals surface area (Å²) in [5, 5.41) is 2.04. The third-order valence-corrected chi connectivity index (χ3v) is 5.48. The zero-order chi connectivity index (χ0) is 19.8. The molecule has 0 bridgehead atoms. The highest BCUT2D eigenvalue weighted by Crippen LogP contribution is 2.30. The van der Waals surface area contributed by atoms with Crippen molar-refractivity contribution in [1.82, 2.24) is 4.90 Å².